The van der Waals surface area contributed by atoms with Gasteiger partial charge in [-0.3, -0.25) is 0 Å². The first-order valence-corrected chi connectivity index (χ1v) is 6.60. The van der Waals surface area contributed by atoms with Crippen molar-refractivity contribution in [3.05, 3.63) is 41.3 Å². The van der Waals surface area contributed by atoms with Crippen molar-refractivity contribution in [1.82, 2.24) is 4.72 Å². The van der Waals surface area contributed by atoms with Crippen LogP contribution in [0.25, 0.3) is 6.08 Å². The lowest BCUT2D eigenvalue weighted by Crippen LogP contribution is -2.39. The van der Waals surface area contributed by atoms with E-state index in [1.165, 1.54) is 5.41 Å². The van der Waals surface area contributed by atoms with Crippen LogP contribution in [0.5, 0.6) is 0 Å². The molecule has 1 aromatic rings. The first kappa shape index (κ1) is 12.9. The third-order valence-electron chi connectivity index (χ3n) is 1.69. The fourth-order valence-electron chi connectivity index (χ4n) is 1.19. The molecule has 3 nitrogen and oxygen atoms in total. The quantitative estimate of drug-likeness (QED) is 0.880. The zero-order valence-electron chi connectivity index (χ0n) is 9.77. The molecule has 4 heteroatoms. The first-order chi connectivity index (χ1) is 7.29. The summed E-state index contributed by atoms with van der Waals surface area (Å²) < 4.78 is 25.8. The summed E-state index contributed by atoms with van der Waals surface area (Å²) >= 11 is 0. The molecule has 0 bridgehead atoms. The van der Waals surface area contributed by atoms with Gasteiger partial charge in [0.1, 0.15) is 0 Å². The second-order valence-corrected chi connectivity index (χ2v) is 6.18. The second-order valence-electron chi connectivity index (χ2n) is 4.61. The number of hydrogen-bond acceptors (Lipinski definition) is 2. The van der Waals surface area contributed by atoms with Crippen molar-refractivity contribution in [2.75, 3.05) is 0 Å². The van der Waals surface area contributed by atoms with E-state index in [0.717, 1.165) is 5.56 Å². The van der Waals surface area contributed by atoms with Crippen molar-refractivity contribution < 1.29 is 8.42 Å². The van der Waals surface area contributed by atoms with E-state index in [4.69, 9.17) is 0 Å². The highest BCUT2D eigenvalue weighted by molar-refractivity contribution is 7.92. The van der Waals surface area contributed by atoms with Gasteiger partial charge in [-0.1, -0.05) is 30.3 Å². The van der Waals surface area contributed by atoms with Crippen LogP contribution in [-0.4, -0.2) is 14.0 Å². The summed E-state index contributed by atoms with van der Waals surface area (Å²) in [5.41, 5.74) is 0.404. The lowest BCUT2D eigenvalue weighted by Gasteiger charge is -2.18. The minimum absolute atomic E-state index is 0.458. The van der Waals surface area contributed by atoms with E-state index in [2.05, 4.69) is 4.72 Å². The maximum atomic E-state index is 11.6. The summed E-state index contributed by atoms with van der Waals surface area (Å²) in [6, 6.07) is 9.32. The molecule has 0 spiro atoms. The monoisotopic (exact) mass is 239 g/mol. The van der Waals surface area contributed by atoms with Gasteiger partial charge in [-0.2, -0.15) is 0 Å². The van der Waals surface area contributed by atoms with Crippen molar-refractivity contribution >= 4 is 16.1 Å². The number of benzene rings is 1. The summed E-state index contributed by atoms with van der Waals surface area (Å²) in [5, 5.41) is 1.19. The molecule has 0 aliphatic heterocycles. The molecule has 1 N–H and O–H groups in total. The van der Waals surface area contributed by atoms with Gasteiger partial charge in [-0.25, -0.2) is 13.1 Å². The lowest BCUT2D eigenvalue weighted by molar-refractivity contribution is 0.497. The Hall–Kier alpha value is -1.13. The van der Waals surface area contributed by atoms with Crippen LogP contribution in [0.4, 0.5) is 0 Å². The molecule has 0 aliphatic rings. The molecular formula is C12H17NO2S. The molecule has 0 atom stereocenters. The summed E-state index contributed by atoms with van der Waals surface area (Å²) in [6.07, 6.45) is 1.58. The molecule has 0 aromatic heterocycles. The molecule has 1 rings (SSSR count). The van der Waals surface area contributed by atoms with E-state index in [1.807, 2.05) is 30.3 Å². The maximum absolute atomic E-state index is 11.6. The van der Waals surface area contributed by atoms with Crippen LogP contribution in [0.15, 0.2) is 35.7 Å². The molecule has 0 saturated heterocycles. The number of rotatable bonds is 3. The van der Waals surface area contributed by atoms with Gasteiger partial charge < -0.3 is 0 Å². The van der Waals surface area contributed by atoms with Gasteiger partial charge in [0.25, 0.3) is 0 Å². The van der Waals surface area contributed by atoms with E-state index in [0.29, 0.717) is 0 Å². The zero-order valence-corrected chi connectivity index (χ0v) is 10.6. The van der Waals surface area contributed by atoms with E-state index < -0.39 is 15.6 Å². The molecule has 0 aliphatic carbocycles. The Bertz CT molecular complexity index is 456. The van der Waals surface area contributed by atoms with Gasteiger partial charge in [0.2, 0.25) is 10.0 Å². The summed E-state index contributed by atoms with van der Waals surface area (Å²) in [4.78, 5) is 0. The van der Waals surface area contributed by atoms with Gasteiger partial charge in [0, 0.05) is 10.9 Å². The SMILES string of the molecule is CC(C)(C)NS(=O)(=O)/C=C/c1ccccc1. The van der Waals surface area contributed by atoms with Crippen LogP contribution in [0.2, 0.25) is 0 Å². The van der Waals surface area contributed by atoms with Crippen molar-refractivity contribution in [3.8, 4) is 0 Å². The third-order valence-corrected chi connectivity index (χ3v) is 3.08. The van der Waals surface area contributed by atoms with Gasteiger partial charge in [-0.15, -0.1) is 0 Å². The molecule has 0 unspecified atom stereocenters. The van der Waals surface area contributed by atoms with Crippen molar-refractivity contribution in [2.45, 2.75) is 26.3 Å². The Morgan fingerprint density at radius 3 is 2.19 bits per heavy atom. The predicted octanol–water partition coefficient (Wildman–Crippen LogP) is 2.38. The summed E-state index contributed by atoms with van der Waals surface area (Å²) in [7, 11) is -3.37. The Kier molecular flexibility index (Phi) is 3.88. The highest BCUT2D eigenvalue weighted by Crippen LogP contribution is 2.06. The van der Waals surface area contributed by atoms with Crippen LogP contribution in [-0.2, 0) is 10.0 Å². The van der Waals surface area contributed by atoms with Gasteiger partial charge in [-0.05, 0) is 32.4 Å². The van der Waals surface area contributed by atoms with Crippen LogP contribution < -0.4 is 4.72 Å². The molecule has 88 valence electrons. The van der Waals surface area contributed by atoms with Crippen LogP contribution in [0.1, 0.15) is 26.3 Å². The van der Waals surface area contributed by atoms with Gasteiger partial charge >= 0.3 is 0 Å². The molecule has 1 aromatic carbocycles. The lowest BCUT2D eigenvalue weighted by atomic mass is 10.1. The fraction of sp³-hybridized carbons (Fsp3) is 0.333. The van der Waals surface area contributed by atoms with Crippen LogP contribution in [0.3, 0.4) is 0 Å². The largest absolute Gasteiger partial charge is 0.234 e. The average Bonchev–Trinajstić information content (AvgIpc) is 2.13. The van der Waals surface area contributed by atoms with Gasteiger partial charge in [0.15, 0.2) is 0 Å². The molecule has 16 heavy (non-hydrogen) atoms. The Balaban J connectivity index is 2.78. The predicted molar refractivity (Wildman–Crippen MR) is 67.3 cm³/mol. The summed E-state index contributed by atoms with van der Waals surface area (Å²) in [6.45, 7) is 5.42. The smallest absolute Gasteiger partial charge is 0.208 e. The number of sulfonamides is 1. The van der Waals surface area contributed by atoms with Gasteiger partial charge in [0.05, 0.1) is 0 Å². The standard InChI is InChI=1S/C12H17NO2S/c1-12(2,3)13-16(14,15)10-9-11-7-5-4-6-8-11/h4-10,13H,1-3H3/b10-9+. The van der Waals surface area contributed by atoms with Crippen molar-refractivity contribution in [1.29, 1.82) is 0 Å². The van der Waals surface area contributed by atoms with E-state index >= 15 is 0 Å². The minimum Gasteiger partial charge on any atom is -0.208 e. The first-order valence-electron chi connectivity index (χ1n) is 5.06. The third kappa shape index (κ3) is 5.09. The zero-order chi connectivity index (χ0) is 12.2. The normalized spacial score (nSPS) is 13.2. The second kappa shape index (κ2) is 4.80. The Morgan fingerprint density at radius 1 is 1.12 bits per heavy atom. The minimum atomic E-state index is -3.37. The maximum Gasteiger partial charge on any atom is 0.234 e. The fourth-order valence-corrected chi connectivity index (χ4v) is 2.45. The number of nitrogens with one attached hydrogen (secondary N) is 1. The van der Waals surface area contributed by atoms with E-state index in [1.54, 1.807) is 26.8 Å². The van der Waals surface area contributed by atoms with E-state index in [-0.39, 0.29) is 0 Å². The van der Waals surface area contributed by atoms with Crippen LogP contribution in [0, 0.1) is 0 Å². The Labute approximate surface area is 97.2 Å². The summed E-state index contributed by atoms with van der Waals surface area (Å²) in [5.74, 6) is 0. The molecule has 0 heterocycles. The topological polar surface area (TPSA) is 46.2 Å². The Morgan fingerprint density at radius 2 is 1.69 bits per heavy atom. The highest BCUT2D eigenvalue weighted by atomic mass is 32.2. The molecular weight excluding hydrogens is 222 g/mol. The average molecular weight is 239 g/mol. The van der Waals surface area contributed by atoms with Crippen molar-refractivity contribution in [2.24, 2.45) is 0 Å². The van der Waals surface area contributed by atoms with Crippen LogP contribution >= 0.6 is 0 Å². The molecule has 0 amide bonds. The van der Waals surface area contributed by atoms with Crippen molar-refractivity contribution in [3.63, 3.8) is 0 Å². The molecule has 0 saturated carbocycles. The molecule has 0 radical (unpaired) electrons. The molecule has 0 fully saturated rings. The van der Waals surface area contributed by atoms with E-state index in [9.17, 15) is 8.42 Å². The number of hydrogen-bond donors (Lipinski definition) is 1. The highest BCUT2D eigenvalue weighted by Gasteiger charge is 2.16.